The lowest BCUT2D eigenvalue weighted by atomic mass is 9.97. The number of carbonyl (C=O) groups is 1. The van der Waals surface area contributed by atoms with Crippen LogP contribution in [0.25, 0.3) is 0 Å². The van der Waals surface area contributed by atoms with Crippen LogP contribution in [0, 0.1) is 0 Å². The molecular formula is C18H37BO6. The van der Waals surface area contributed by atoms with Gasteiger partial charge in [-0.1, -0.05) is 13.2 Å². The highest BCUT2D eigenvalue weighted by atomic mass is 16.6. The fourth-order valence-corrected chi connectivity index (χ4v) is 2.01. The van der Waals surface area contributed by atoms with Gasteiger partial charge in [0.25, 0.3) is 7.48 Å². The highest BCUT2D eigenvalue weighted by Crippen LogP contribution is 2.15. The molecule has 0 heterocycles. The Kier molecular flexibility index (Phi) is 11.6. The average molecular weight is 360 g/mol. The third-order valence-electron chi connectivity index (χ3n) is 3.15. The molecule has 0 aliphatic rings. The minimum Gasteiger partial charge on any atom is -0.461 e. The van der Waals surface area contributed by atoms with Crippen LogP contribution in [0.2, 0.25) is 6.32 Å². The SMILES string of the molecule is CCBOC(C)COCC(C)OC(C)(C)C(=O)OCCOC(C)(C)C. The lowest BCUT2D eigenvalue weighted by Crippen LogP contribution is -2.41. The molecule has 0 amide bonds. The highest BCUT2D eigenvalue weighted by Gasteiger charge is 2.32. The van der Waals surface area contributed by atoms with Crippen molar-refractivity contribution in [2.45, 2.75) is 85.1 Å². The molecule has 0 aromatic rings. The molecule has 2 atom stereocenters. The number of ether oxygens (including phenoxy) is 4. The summed E-state index contributed by atoms with van der Waals surface area (Å²) in [5.74, 6) is -0.406. The normalized spacial score (nSPS) is 14.9. The highest BCUT2D eigenvalue weighted by molar-refractivity contribution is 6.26. The Hall–Kier alpha value is -0.625. The van der Waals surface area contributed by atoms with Gasteiger partial charge in [0.15, 0.2) is 5.60 Å². The summed E-state index contributed by atoms with van der Waals surface area (Å²) in [4.78, 5) is 12.2. The Morgan fingerprint density at radius 3 is 2.16 bits per heavy atom. The van der Waals surface area contributed by atoms with E-state index in [0.717, 1.165) is 13.8 Å². The molecule has 0 fully saturated rings. The van der Waals surface area contributed by atoms with Crippen LogP contribution in [-0.4, -0.2) is 63.3 Å². The number of carbonyl (C=O) groups excluding carboxylic acids is 1. The average Bonchev–Trinajstić information content (AvgIpc) is 2.47. The van der Waals surface area contributed by atoms with Gasteiger partial charge in [0.05, 0.1) is 37.6 Å². The Balaban J connectivity index is 4.03. The number of hydrogen-bond donors (Lipinski definition) is 0. The summed E-state index contributed by atoms with van der Waals surface area (Å²) in [5, 5.41) is 0. The van der Waals surface area contributed by atoms with E-state index >= 15 is 0 Å². The second kappa shape index (κ2) is 11.9. The van der Waals surface area contributed by atoms with Gasteiger partial charge >= 0.3 is 5.97 Å². The summed E-state index contributed by atoms with van der Waals surface area (Å²) in [6.07, 6.45) is 0.806. The maximum Gasteiger partial charge on any atom is 0.337 e. The summed E-state index contributed by atoms with van der Waals surface area (Å²) in [6.45, 7) is 16.6. The van der Waals surface area contributed by atoms with Gasteiger partial charge in [0.1, 0.15) is 6.61 Å². The first kappa shape index (κ1) is 24.4. The van der Waals surface area contributed by atoms with Crippen molar-refractivity contribution in [3.63, 3.8) is 0 Å². The predicted molar refractivity (Wildman–Crippen MR) is 100 cm³/mol. The minimum absolute atomic E-state index is 0.0490. The van der Waals surface area contributed by atoms with Gasteiger partial charge < -0.3 is 23.6 Å². The Morgan fingerprint density at radius 1 is 1.00 bits per heavy atom. The van der Waals surface area contributed by atoms with Crippen LogP contribution in [-0.2, 0) is 28.4 Å². The maximum absolute atomic E-state index is 12.2. The first-order chi connectivity index (χ1) is 11.5. The van der Waals surface area contributed by atoms with Crippen molar-refractivity contribution in [3.8, 4) is 0 Å². The van der Waals surface area contributed by atoms with Gasteiger partial charge in [-0.3, -0.25) is 0 Å². The zero-order valence-corrected chi connectivity index (χ0v) is 17.3. The van der Waals surface area contributed by atoms with Gasteiger partial charge in [0.2, 0.25) is 0 Å². The van der Waals surface area contributed by atoms with Crippen molar-refractivity contribution in [1.82, 2.24) is 0 Å². The topological polar surface area (TPSA) is 63.2 Å². The van der Waals surface area contributed by atoms with Gasteiger partial charge in [-0.25, -0.2) is 4.79 Å². The molecule has 0 aliphatic heterocycles. The molecule has 0 aliphatic carbocycles. The Labute approximate surface area is 154 Å². The van der Waals surface area contributed by atoms with Gasteiger partial charge in [0, 0.05) is 0 Å². The quantitative estimate of drug-likeness (QED) is 0.286. The van der Waals surface area contributed by atoms with Crippen LogP contribution in [0.15, 0.2) is 0 Å². The van der Waals surface area contributed by atoms with Gasteiger partial charge in [-0.2, -0.15) is 0 Å². The zero-order valence-electron chi connectivity index (χ0n) is 17.3. The molecule has 2 unspecified atom stereocenters. The third kappa shape index (κ3) is 13.3. The van der Waals surface area contributed by atoms with E-state index in [1.54, 1.807) is 13.8 Å². The second-order valence-electron chi connectivity index (χ2n) is 7.75. The van der Waals surface area contributed by atoms with Crippen molar-refractivity contribution in [1.29, 1.82) is 0 Å². The second-order valence-corrected chi connectivity index (χ2v) is 7.75. The molecule has 7 heteroatoms. The van der Waals surface area contributed by atoms with Crippen LogP contribution >= 0.6 is 0 Å². The van der Waals surface area contributed by atoms with Crippen molar-refractivity contribution in [3.05, 3.63) is 0 Å². The molecular weight excluding hydrogens is 323 g/mol. The van der Waals surface area contributed by atoms with Crippen molar-refractivity contribution < 1.29 is 28.4 Å². The largest absolute Gasteiger partial charge is 0.461 e. The van der Waals surface area contributed by atoms with Crippen molar-refractivity contribution >= 4 is 13.5 Å². The van der Waals surface area contributed by atoms with E-state index in [-0.39, 0.29) is 24.4 Å². The Morgan fingerprint density at radius 2 is 1.60 bits per heavy atom. The molecule has 0 saturated heterocycles. The molecule has 0 saturated carbocycles. The molecule has 0 radical (unpaired) electrons. The molecule has 25 heavy (non-hydrogen) atoms. The zero-order chi connectivity index (χ0) is 19.5. The fourth-order valence-electron chi connectivity index (χ4n) is 2.01. The number of hydrogen-bond acceptors (Lipinski definition) is 6. The van der Waals surface area contributed by atoms with Crippen LogP contribution in [0.3, 0.4) is 0 Å². The number of rotatable bonds is 13. The first-order valence-electron chi connectivity index (χ1n) is 9.16. The summed E-state index contributed by atoms with van der Waals surface area (Å²) in [5.41, 5.74) is -1.28. The number of esters is 1. The summed E-state index contributed by atoms with van der Waals surface area (Å²) in [6, 6.07) is 0. The molecule has 6 nitrogen and oxygen atoms in total. The molecule has 0 N–H and O–H groups in total. The van der Waals surface area contributed by atoms with Crippen LogP contribution < -0.4 is 0 Å². The first-order valence-corrected chi connectivity index (χ1v) is 9.16. The lowest BCUT2D eigenvalue weighted by molar-refractivity contribution is -0.179. The van der Waals surface area contributed by atoms with Crippen LogP contribution in [0.4, 0.5) is 0 Å². The van der Waals surface area contributed by atoms with E-state index in [9.17, 15) is 4.79 Å². The summed E-state index contributed by atoms with van der Waals surface area (Å²) < 4.78 is 27.7. The fraction of sp³-hybridized carbons (Fsp3) is 0.944. The molecule has 0 aromatic heterocycles. The summed E-state index contributed by atoms with van der Waals surface area (Å²) >= 11 is 0. The molecule has 148 valence electrons. The van der Waals surface area contributed by atoms with Crippen molar-refractivity contribution in [2.75, 3.05) is 26.4 Å². The monoisotopic (exact) mass is 360 g/mol. The third-order valence-corrected chi connectivity index (χ3v) is 3.15. The van der Waals surface area contributed by atoms with E-state index in [0.29, 0.717) is 19.8 Å². The molecule has 0 aromatic carbocycles. The predicted octanol–water partition coefficient (Wildman–Crippen LogP) is 2.74. The molecule has 0 spiro atoms. The molecule has 0 bridgehead atoms. The molecule has 0 rings (SSSR count). The smallest absolute Gasteiger partial charge is 0.337 e. The minimum atomic E-state index is -1.03. The standard InChI is InChI=1S/C18H37BO6/c1-9-19-25-15(3)13-21-12-14(2)24-18(7,8)16(20)22-10-11-23-17(4,5)6/h14-15,19H,9-13H2,1-8H3. The Bertz CT molecular complexity index is 367. The maximum atomic E-state index is 12.2. The van der Waals surface area contributed by atoms with E-state index in [4.69, 9.17) is 23.6 Å². The van der Waals surface area contributed by atoms with E-state index in [2.05, 4.69) is 6.92 Å². The van der Waals surface area contributed by atoms with Gasteiger partial charge in [-0.05, 0) is 48.5 Å². The van der Waals surface area contributed by atoms with Crippen molar-refractivity contribution in [2.24, 2.45) is 0 Å². The van der Waals surface area contributed by atoms with E-state index < -0.39 is 11.6 Å². The summed E-state index contributed by atoms with van der Waals surface area (Å²) in [7, 11) is 0.731. The van der Waals surface area contributed by atoms with Crippen LogP contribution in [0.1, 0.15) is 55.4 Å². The lowest BCUT2D eigenvalue weighted by Gasteiger charge is -2.27. The van der Waals surface area contributed by atoms with E-state index in [1.807, 2.05) is 34.6 Å². The van der Waals surface area contributed by atoms with Gasteiger partial charge in [-0.15, -0.1) is 0 Å². The van der Waals surface area contributed by atoms with Crippen LogP contribution in [0.5, 0.6) is 0 Å². The van der Waals surface area contributed by atoms with E-state index in [1.165, 1.54) is 0 Å².